The lowest BCUT2D eigenvalue weighted by Gasteiger charge is -2.22. The van der Waals surface area contributed by atoms with Crippen LogP contribution in [0, 0.1) is 5.92 Å². The van der Waals surface area contributed by atoms with Gasteiger partial charge in [0, 0.05) is 19.8 Å². The van der Waals surface area contributed by atoms with Gasteiger partial charge in [-0.15, -0.1) is 0 Å². The summed E-state index contributed by atoms with van der Waals surface area (Å²) in [6, 6.07) is 11.9. The van der Waals surface area contributed by atoms with Crippen LogP contribution in [0.5, 0.6) is 5.75 Å². The Morgan fingerprint density at radius 1 is 1.09 bits per heavy atom. The number of halogens is 3. The molecule has 0 aromatic heterocycles. The summed E-state index contributed by atoms with van der Waals surface area (Å²) in [6.45, 7) is 4.04. The van der Waals surface area contributed by atoms with Crippen LogP contribution < -0.4 is 10.1 Å². The van der Waals surface area contributed by atoms with Gasteiger partial charge in [-0.1, -0.05) is 24.2 Å². The molecule has 9 heteroatoms. The SMILES string of the molecule is CCC(=NOCc1ccc(C(F)(F)F)cc1)c1ccc(OCC(=O)NCC2CCOCC2)cc1. The summed E-state index contributed by atoms with van der Waals surface area (Å²) in [4.78, 5) is 17.4. The Hall–Kier alpha value is -3.07. The van der Waals surface area contributed by atoms with Crippen LogP contribution in [-0.2, 0) is 27.2 Å². The first-order valence-electron chi connectivity index (χ1n) is 11.3. The van der Waals surface area contributed by atoms with E-state index in [4.69, 9.17) is 14.3 Å². The van der Waals surface area contributed by atoms with Crippen LogP contribution in [0.15, 0.2) is 53.7 Å². The summed E-state index contributed by atoms with van der Waals surface area (Å²) in [5, 5.41) is 7.03. The number of hydrogen-bond donors (Lipinski definition) is 1. The molecule has 1 aliphatic rings. The van der Waals surface area contributed by atoms with Crippen LogP contribution in [0.1, 0.15) is 42.9 Å². The van der Waals surface area contributed by atoms with Crippen molar-refractivity contribution in [1.29, 1.82) is 0 Å². The lowest BCUT2D eigenvalue weighted by Crippen LogP contribution is -2.35. The molecule has 1 fully saturated rings. The predicted octanol–water partition coefficient (Wildman–Crippen LogP) is 4.96. The molecule has 0 spiro atoms. The Balaban J connectivity index is 1.45. The number of nitrogens with one attached hydrogen (secondary N) is 1. The van der Waals surface area contributed by atoms with Gasteiger partial charge in [-0.25, -0.2) is 0 Å². The molecule has 184 valence electrons. The topological polar surface area (TPSA) is 69.2 Å². The highest BCUT2D eigenvalue weighted by Crippen LogP contribution is 2.29. The average Bonchev–Trinajstić information content (AvgIpc) is 2.85. The van der Waals surface area contributed by atoms with E-state index in [1.807, 2.05) is 19.1 Å². The Morgan fingerprint density at radius 3 is 2.38 bits per heavy atom. The number of amides is 1. The van der Waals surface area contributed by atoms with E-state index in [1.54, 1.807) is 12.1 Å². The summed E-state index contributed by atoms with van der Waals surface area (Å²) in [6.07, 6.45) is -1.85. The molecule has 1 amide bonds. The van der Waals surface area contributed by atoms with Gasteiger partial charge in [0.2, 0.25) is 0 Å². The maximum atomic E-state index is 12.6. The minimum Gasteiger partial charge on any atom is -0.484 e. The maximum absolute atomic E-state index is 12.6. The van der Waals surface area contributed by atoms with Crippen molar-refractivity contribution in [2.75, 3.05) is 26.4 Å². The first-order chi connectivity index (χ1) is 16.3. The number of hydrogen-bond acceptors (Lipinski definition) is 5. The smallest absolute Gasteiger partial charge is 0.416 e. The van der Waals surface area contributed by atoms with Gasteiger partial charge in [0.15, 0.2) is 6.61 Å². The molecule has 6 nitrogen and oxygen atoms in total. The Kier molecular flexibility index (Phi) is 9.33. The molecule has 1 heterocycles. The fourth-order valence-electron chi connectivity index (χ4n) is 3.45. The van der Waals surface area contributed by atoms with Gasteiger partial charge in [-0.3, -0.25) is 4.79 Å². The van der Waals surface area contributed by atoms with Crippen molar-refractivity contribution in [3.05, 3.63) is 65.2 Å². The third-order valence-electron chi connectivity index (χ3n) is 5.51. The van der Waals surface area contributed by atoms with Gasteiger partial charge in [-0.05, 0) is 72.7 Å². The summed E-state index contributed by atoms with van der Waals surface area (Å²) in [5.74, 6) is 0.847. The van der Waals surface area contributed by atoms with Gasteiger partial charge in [-0.2, -0.15) is 13.2 Å². The van der Waals surface area contributed by atoms with Crippen LogP contribution in [0.2, 0.25) is 0 Å². The molecule has 1 N–H and O–H groups in total. The van der Waals surface area contributed by atoms with Gasteiger partial charge in [0.1, 0.15) is 12.4 Å². The van der Waals surface area contributed by atoms with Crippen molar-refractivity contribution in [2.45, 2.75) is 39.0 Å². The number of benzene rings is 2. The van der Waals surface area contributed by atoms with Crippen molar-refractivity contribution >= 4 is 11.6 Å². The highest BCUT2D eigenvalue weighted by atomic mass is 19.4. The van der Waals surface area contributed by atoms with Crippen molar-refractivity contribution < 1.29 is 32.3 Å². The van der Waals surface area contributed by atoms with E-state index in [1.165, 1.54) is 12.1 Å². The molecule has 0 saturated carbocycles. The Labute approximate surface area is 197 Å². The molecule has 0 radical (unpaired) electrons. The molecule has 3 rings (SSSR count). The fourth-order valence-corrected chi connectivity index (χ4v) is 3.45. The van der Waals surface area contributed by atoms with Gasteiger partial charge in [0.25, 0.3) is 5.91 Å². The van der Waals surface area contributed by atoms with E-state index in [2.05, 4.69) is 10.5 Å². The van der Waals surface area contributed by atoms with Crippen molar-refractivity contribution in [3.63, 3.8) is 0 Å². The highest BCUT2D eigenvalue weighted by molar-refractivity contribution is 6.00. The number of ether oxygens (including phenoxy) is 2. The monoisotopic (exact) mass is 478 g/mol. The molecule has 0 aliphatic carbocycles. The molecule has 34 heavy (non-hydrogen) atoms. The van der Waals surface area contributed by atoms with Crippen LogP contribution in [0.25, 0.3) is 0 Å². The number of alkyl halides is 3. The third kappa shape index (κ3) is 8.06. The quantitative estimate of drug-likeness (QED) is 0.387. The predicted molar refractivity (Wildman–Crippen MR) is 122 cm³/mol. The molecule has 0 unspecified atom stereocenters. The lowest BCUT2D eigenvalue weighted by molar-refractivity contribution is -0.137. The second-order valence-electron chi connectivity index (χ2n) is 8.03. The summed E-state index contributed by atoms with van der Waals surface area (Å²) < 4.78 is 48.8. The van der Waals surface area contributed by atoms with Crippen molar-refractivity contribution in [2.24, 2.45) is 11.1 Å². The lowest BCUT2D eigenvalue weighted by atomic mass is 10.0. The molecule has 0 atom stereocenters. The molecule has 2 aromatic carbocycles. The first kappa shape index (κ1) is 25.6. The van der Waals surface area contributed by atoms with Crippen molar-refractivity contribution in [3.8, 4) is 5.75 Å². The fraction of sp³-hybridized carbons (Fsp3) is 0.440. The number of rotatable bonds is 10. The number of oxime groups is 1. The normalized spacial score (nSPS) is 15.1. The van der Waals surface area contributed by atoms with E-state index in [0.717, 1.165) is 43.8 Å². The zero-order valence-electron chi connectivity index (χ0n) is 19.1. The number of carbonyl (C=O) groups is 1. The molecule has 1 saturated heterocycles. The van der Waals surface area contributed by atoms with E-state index >= 15 is 0 Å². The van der Waals surface area contributed by atoms with Crippen LogP contribution in [0.4, 0.5) is 13.2 Å². The van der Waals surface area contributed by atoms with E-state index in [9.17, 15) is 18.0 Å². The van der Waals surface area contributed by atoms with E-state index < -0.39 is 11.7 Å². The van der Waals surface area contributed by atoms with Gasteiger partial charge >= 0.3 is 6.18 Å². The molecular formula is C25H29F3N2O4. The van der Waals surface area contributed by atoms with Gasteiger partial charge in [0.05, 0.1) is 11.3 Å². The number of nitrogens with zero attached hydrogens (tertiary/aromatic N) is 1. The molecule has 1 aliphatic heterocycles. The first-order valence-corrected chi connectivity index (χ1v) is 11.3. The van der Waals surface area contributed by atoms with E-state index in [0.29, 0.717) is 35.9 Å². The maximum Gasteiger partial charge on any atom is 0.416 e. The summed E-state index contributed by atoms with van der Waals surface area (Å²) >= 11 is 0. The molecule has 2 aromatic rings. The summed E-state index contributed by atoms with van der Waals surface area (Å²) in [7, 11) is 0. The Morgan fingerprint density at radius 2 is 1.76 bits per heavy atom. The second-order valence-corrected chi connectivity index (χ2v) is 8.03. The minimum absolute atomic E-state index is 0.0613. The zero-order valence-corrected chi connectivity index (χ0v) is 19.1. The Bertz CT molecular complexity index is 938. The van der Waals surface area contributed by atoms with E-state index in [-0.39, 0.29) is 19.1 Å². The summed E-state index contributed by atoms with van der Waals surface area (Å²) in [5.41, 5.74) is 1.40. The number of carbonyl (C=O) groups excluding carboxylic acids is 1. The van der Waals surface area contributed by atoms with Gasteiger partial charge < -0.3 is 19.6 Å². The largest absolute Gasteiger partial charge is 0.484 e. The zero-order chi connectivity index (χ0) is 24.4. The molecule has 0 bridgehead atoms. The second kappa shape index (κ2) is 12.4. The third-order valence-corrected chi connectivity index (χ3v) is 5.51. The molecular weight excluding hydrogens is 449 g/mol. The van der Waals surface area contributed by atoms with Crippen LogP contribution in [-0.4, -0.2) is 38.0 Å². The minimum atomic E-state index is -4.36. The van der Waals surface area contributed by atoms with Crippen LogP contribution >= 0.6 is 0 Å². The van der Waals surface area contributed by atoms with Crippen molar-refractivity contribution in [1.82, 2.24) is 5.32 Å². The highest BCUT2D eigenvalue weighted by Gasteiger charge is 2.29. The standard InChI is InChI=1S/C25H29F3N2O4/c1-2-23(30-34-16-19-3-7-21(8-4-19)25(26,27)28)20-5-9-22(10-6-20)33-17-24(31)29-15-18-11-13-32-14-12-18/h3-10,18H,2,11-17H2,1H3,(H,29,31). The van der Waals surface area contributed by atoms with Crippen LogP contribution in [0.3, 0.4) is 0 Å². The average molecular weight is 479 g/mol.